The van der Waals surface area contributed by atoms with Crippen molar-refractivity contribution in [2.45, 2.75) is 25.7 Å². The van der Waals surface area contributed by atoms with Crippen LogP contribution in [-0.4, -0.2) is 0 Å². The van der Waals surface area contributed by atoms with Crippen LogP contribution in [-0.2, 0) is 0 Å². The monoisotopic (exact) mass is 160 g/mol. The molecule has 12 heavy (non-hydrogen) atoms. The SMILES string of the molecule is C1C2C([C@H]3C[C@@H]13)[C@@H]1C[C@H]2[C@H]2C[C@H]21. The van der Waals surface area contributed by atoms with Crippen molar-refractivity contribution in [1.29, 1.82) is 0 Å². The first-order valence-electron chi connectivity index (χ1n) is 5.93. The van der Waals surface area contributed by atoms with Crippen LogP contribution < -0.4 is 0 Å². The fourth-order valence-corrected chi connectivity index (χ4v) is 5.75. The first kappa shape index (κ1) is 5.67. The topological polar surface area (TPSA) is 0 Å². The van der Waals surface area contributed by atoms with Crippen molar-refractivity contribution in [3.05, 3.63) is 0 Å². The lowest BCUT2D eigenvalue weighted by molar-refractivity contribution is 0.214. The van der Waals surface area contributed by atoms with E-state index in [1.807, 2.05) is 0 Å². The van der Waals surface area contributed by atoms with Crippen molar-refractivity contribution in [3.8, 4) is 0 Å². The molecule has 5 rings (SSSR count). The summed E-state index contributed by atoms with van der Waals surface area (Å²) >= 11 is 0. The predicted octanol–water partition coefficient (Wildman–Crippen LogP) is 2.54. The quantitative estimate of drug-likeness (QED) is 0.511. The molecule has 0 N–H and O–H groups in total. The molecule has 5 aliphatic rings. The summed E-state index contributed by atoms with van der Waals surface area (Å²) in [4.78, 5) is 0. The maximum atomic E-state index is 1.67. The molecule has 0 aromatic rings. The Balaban J connectivity index is 1.66. The van der Waals surface area contributed by atoms with E-state index in [9.17, 15) is 0 Å². The minimum Gasteiger partial charge on any atom is -0.0468 e. The molecule has 0 amide bonds. The summed E-state index contributed by atoms with van der Waals surface area (Å²) in [5.41, 5.74) is 0. The number of hydrogen-bond acceptors (Lipinski definition) is 0. The highest BCUT2D eigenvalue weighted by Crippen LogP contribution is 2.78. The zero-order valence-corrected chi connectivity index (χ0v) is 7.45. The maximum Gasteiger partial charge on any atom is -0.0321 e. The van der Waals surface area contributed by atoms with Gasteiger partial charge in [-0.3, -0.25) is 0 Å². The summed E-state index contributed by atoms with van der Waals surface area (Å²) < 4.78 is 0. The molecule has 2 unspecified atom stereocenters. The molecule has 0 aromatic heterocycles. The lowest BCUT2D eigenvalue weighted by atomic mass is 9.79. The van der Waals surface area contributed by atoms with Gasteiger partial charge in [0.15, 0.2) is 0 Å². The maximum absolute atomic E-state index is 1.67. The highest BCUT2D eigenvalue weighted by molar-refractivity contribution is 5.19. The van der Waals surface area contributed by atoms with E-state index in [0.717, 1.165) is 0 Å². The fourth-order valence-electron chi connectivity index (χ4n) is 5.75. The highest BCUT2D eigenvalue weighted by Gasteiger charge is 2.71. The Kier molecular flexibility index (Phi) is 0.663. The minimum atomic E-state index is 1.24. The Morgan fingerprint density at radius 1 is 0.500 bits per heavy atom. The van der Waals surface area contributed by atoms with E-state index in [0.29, 0.717) is 0 Å². The highest BCUT2D eigenvalue weighted by atomic mass is 14.8. The summed E-state index contributed by atoms with van der Waals surface area (Å²) in [5.74, 6) is 10.0. The van der Waals surface area contributed by atoms with Crippen molar-refractivity contribution in [1.82, 2.24) is 0 Å². The van der Waals surface area contributed by atoms with E-state index in [-0.39, 0.29) is 0 Å². The van der Waals surface area contributed by atoms with Gasteiger partial charge >= 0.3 is 0 Å². The summed E-state index contributed by atoms with van der Waals surface area (Å²) in [5, 5.41) is 0. The van der Waals surface area contributed by atoms with Crippen molar-refractivity contribution in [3.63, 3.8) is 0 Å². The molecule has 64 valence electrons. The molecule has 5 aliphatic carbocycles. The largest absolute Gasteiger partial charge is 0.0468 e. The minimum absolute atomic E-state index is 1.24. The Bertz CT molecular complexity index is 265. The van der Waals surface area contributed by atoms with Gasteiger partial charge in [-0.25, -0.2) is 0 Å². The molecule has 2 bridgehead atoms. The Hall–Kier alpha value is 0. The van der Waals surface area contributed by atoms with Crippen LogP contribution in [0, 0.1) is 47.3 Å². The zero-order valence-electron chi connectivity index (χ0n) is 7.45. The van der Waals surface area contributed by atoms with Gasteiger partial charge in [0, 0.05) is 0 Å². The average molecular weight is 160 g/mol. The van der Waals surface area contributed by atoms with E-state index >= 15 is 0 Å². The van der Waals surface area contributed by atoms with Crippen molar-refractivity contribution in [2.75, 3.05) is 0 Å². The van der Waals surface area contributed by atoms with Crippen LogP contribution in [0.2, 0.25) is 0 Å². The molecule has 0 heteroatoms. The van der Waals surface area contributed by atoms with Gasteiger partial charge in [0.05, 0.1) is 0 Å². The molecule has 0 heterocycles. The molecule has 5 fully saturated rings. The molecule has 0 spiro atoms. The van der Waals surface area contributed by atoms with Gasteiger partial charge in [0.1, 0.15) is 0 Å². The van der Waals surface area contributed by atoms with Crippen LogP contribution in [0.5, 0.6) is 0 Å². The van der Waals surface area contributed by atoms with E-state index in [1.54, 1.807) is 25.7 Å². The Morgan fingerprint density at radius 3 is 2.00 bits per heavy atom. The van der Waals surface area contributed by atoms with Crippen LogP contribution in [0.25, 0.3) is 0 Å². The number of hydrogen-bond donors (Lipinski definition) is 0. The molecule has 0 nitrogen and oxygen atoms in total. The van der Waals surface area contributed by atoms with Crippen molar-refractivity contribution in [2.24, 2.45) is 47.3 Å². The predicted molar refractivity (Wildman–Crippen MR) is 46.4 cm³/mol. The third-order valence-electron chi connectivity index (χ3n) is 6.12. The van der Waals surface area contributed by atoms with E-state index < -0.39 is 0 Å². The fraction of sp³-hybridized carbons (Fsp3) is 1.00. The van der Waals surface area contributed by atoms with Crippen LogP contribution in [0.1, 0.15) is 25.7 Å². The molecule has 0 aliphatic heterocycles. The van der Waals surface area contributed by atoms with Gasteiger partial charge in [0.2, 0.25) is 0 Å². The van der Waals surface area contributed by atoms with E-state index in [2.05, 4.69) is 0 Å². The summed E-state index contributed by atoms with van der Waals surface area (Å²) in [7, 11) is 0. The second-order valence-corrected chi connectivity index (χ2v) is 6.26. The number of rotatable bonds is 0. The van der Waals surface area contributed by atoms with Gasteiger partial charge in [-0.05, 0) is 73.0 Å². The van der Waals surface area contributed by atoms with Crippen LogP contribution in [0.4, 0.5) is 0 Å². The normalized spacial score (nSPS) is 80.0. The van der Waals surface area contributed by atoms with Gasteiger partial charge in [-0.15, -0.1) is 0 Å². The molecule has 0 aromatic carbocycles. The smallest absolute Gasteiger partial charge is 0.0321 e. The van der Waals surface area contributed by atoms with Crippen molar-refractivity contribution < 1.29 is 0 Å². The van der Waals surface area contributed by atoms with Crippen LogP contribution in [0.3, 0.4) is 0 Å². The first-order valence-corrected chi connectivity index (χ1v) is 5.93. The van der Waals surface area contributed by atoms with Crippen LogP contribution >= 0.6 is 0 Å². The summed E-state index contributed by atoms with van der Waals surface area (Å²) in [6.07, 6.45) is 6.63. The van der Waals surface area contributed by atoms with Crippen LogP contribution in [0.15, 0.2) is 0 Å². The Morgan fingerprint density at radius 2 is 1.08 bits per heavy atom. The molecular weight excluding hydrogens is 144 g/mol. The molecule has 0 saturated heterocycles. The zero-order chi connectivity index (χ0) is 7.45. The third-order valence-corrected chi connectivity index (χ3v) is 6.12. The standard InChI is InChI=1S/C12H16/c1-5-2-10-9-4-11(8-3-7(8)9)12(10)6(1)5/h5-12H,1-4H2/t5-,6-,7-,8+,9-,10?,11+,12?/m0/s1. The lowest BCUT2D eigenvalue weighted by Gasteiger charge is -2.26. The average Bonchev–Trinajstić information content (AvgIpc) is 2.92. The molecule has 0 radical (unpaired) electrons. The number of fused-ring (bicyclic) bond motifs is 10. The van der Waals surface area contributed by atoms with Crippen molar-refractivity contribution >= 4 is 0 Å². The van der Waals surface area contributed by atoms with E-state index in [4.69, 9.17) is 0 Å². The molecular formula is C12H16. The first-order chi connectivity index (χ1) is 5.93. The lowest BCUT2D eigenvalue weighted by Crippen LogP contribution is -2.21. The third kappa shape index (κ3) is 0.418. The van der Waals surface area contributed by atoms with Gasteiger partial charge in [-0.2, -0.15) is 0 Å². The van der Waals surface area contributed by atoms with Gasteiger partial charge < -0.3 is 0 Å². The van der Waals surface area contributed by atoms with Gasteiger partial charge in [-0.1, -0.05) is 0 Å². The summed E-state index contributed by atoms with van der Waals surface area (Å²) in [6, 6.07) is 0. The molecule has 5 saturated carbocycles. The second-order valence-electron chi connectivity index (χ2n) is 6.26. The van der Waals surface area contributed by atoms with E-state index in [1.165, 1.54) is 47.3 Å². The Labute approximate surface area is 73.7 Å². The summed E-state index contributed by atoms with van der Waals surface area (Å²) in [6.45, 7) is 0. The molecule has 8 atom stereocenters. The second kappa shape index (κ2) is 1.40. The van der Waals surface area contributed by atoms with Gasteiger partial charge in [0.25, 0.3) is 0 Å².